The number of hydrogen-bond acceptors (Lipinski definition) is 6. The normalized spacial score (nSPS) is 11.7. The van der Waals surface area contributed by atoms with E-state index in [-0.39, 0.29) is 0 Å². The maximum absolute atomic E-state index is 6.21. The van der Waals surface area contributed by atoms with Crippen molar-refractivity contribution in [1.29, 1.82) is 0 Å². The standard InChI is InChI=1S/C13H13ClN8S/c1-6-9(7(2)20(3)18-6)11-16-17-13-22(11)19-12(23-13)10-8(14)5-15-21(10)4/h5H,1-4H3. The summed E-state index contributed by atoms with van der Waals surface area (Å²) in [5.74, 6) is 0.684. The highest BCUT2D eigenvalue weighted by molar-refractivity contribution is 7.19. The smallest absolute Gasteiger partial charge is 0.235 e. The van der Waals surface area contributed by atoms with Crippen LogP contribution in [0.2, 0.25) is 5.02 Å². The average Bonchev–Trinajstić information content (AvgIpc) is 3.19. The van der Waals surface area contributed by atoms with E-state index in [0.29, 0.717) is 15.8 Å². The van der Waals surface area contributed by atoms with E-state index in [0.717, 1.165) is 27.7 Å². The van der Waals surface area contributed by atoms with Crippen LogP contribution in [0, 0.1) is 13.8 Å². The van der Waals surface area contributed by atoms with E-state index in [2.05, 4.69) is 25.5 Å². The van der Waals surface area contributed by atoms with Crippen molar-refractivity contribution < 1.29 is 0 Å². The summed E-state index contributed by atoms with van der Waals surface area (Å²) in [5, 5.41) is 23.0. The minimum atomic E-state index is 0.563. The highest BCUT2D eigenvalue weighted by Gasteiger charge is 2.22. The molecule has 0 atom stereocenters. The molecule has 0 fully saturated rings. The van der Waals surface area contributed by atoms with E-state index in [4.69, 9.17) is 11.6 Å². The van der Waals surface area contributed by atoms with Crippen LogP contribution in [0.5, 0.6) is 0 Å². The molecular formula is C13H13ClN8S. The van der Waals surface area contributed by atoms with Crippen LogP contribution in [0.3, 0.4) is 0 Å². The monoisotopic (exact) mass is 348 g/mol. The van der Waals surface area contributed by atoms with Gasteiger partial charge in [0.25, 0.3) is 0 Å². The minimum Gasteiger partial charge on any atom is -0.272 e. The van der Waals surface area contributed by atoms with Crippen LogP contribution >= 0.6 is 22.9 Å². The van der Waals surface area contributed by atoms with Gasteiger partial charge in [0.05, 0.1) is 22.5 Å². The molecule has 0 saturated heterocycles. The van der Waals surface area contributed by atoms with Gasteiger partial charge in [-0.05, 0) is 13.8 Å². The van der Waals surface area contributed by atoms with E-state index in [1.54, 1.807) is 15.4 Å². The van der Waals surface area contributed by atoms with E-state index < -0.39 is 0 Å². The third-order valence-electron chi connectivity index (χ3n) is 3.82. The molecule has 0 N–H and O–H groups in total. The minimum absolute atomic E-state index is 0.563. The molecule has 0 unspecified atom stereocenters. The molecule has 0 aliphatic rings. The molecular weight excluding hydrogens is 336 g/mol. The van der Waals surface area contributed by atoms with Gasteiger partial charge in [0.1, 0.15) is 5.69 Å². The van der Waals surface area contributed by atoms with Gasteiger partial charge in [-0.1, -0.05) is 22.9 Å². The lowest BCUT2D eigenvalue weighted by Crippen LogP contribution is -1.97. The molecule has 23 heavy (non-hydrogen) atoms. The summed E-state index contributed by atoms with van der Waals surface area (Å²) >= 11 is 7.63. The maximum Gasteiger partial charge on any atom is 0.235 e. The van der Waals surface area contributed by atoms with Crippen molar-refractivity contribution in [1.82, 2.24) is 39.4 Å². The molecule has 0 saturated carbocycles. The molecule has 4 aromatic heterocycles. The number of rotatable bonds is 2. The summed E-state index contributed by atoms with van der Waals surface area (Å²) in [6, 6.07) is 0. The van der Waals surface area contributed by atoms with Gasteiger partial charge in [0.15, 0.2) is 10.8 Å². The Hall–Kier alpha value is -2.26. The van der Waals surface area contributed by atoms with Crippen LogP contribution in [0.25, 0.3) is 27.1 Å². The van der Waals surface area contributed by atoms with E-state index in [1.165, 1.54) is 11.3 Å². The molecule has 10 heteroatoms. The second-order valence-electron chi connectivity index (χ2n) is 5.26. The Balaban J connectivity index is 1.94. The van der Waals surface area contributed by atoms with Gasteiger partial charge in [0.2, 0.25) is 4.96 Å². The summed E-state index contributed by atoms with van der Waals surface area (Å²) < 4.78 is 5.27. The first-order chi connectivity index (χ1) is 11.0. The molecule has 0 aliphatic heterocycles. The fraction of sp³-hybridized carbons (Fsp3) is 0.308. The van der Waals surface area contributed by atoms with Crippen molar-refractivity contribution in [2.24, 2.45) is 14.1 Å². The number of halogens is 1. The maximum atomic E-state index is 6.21. The largest absolute Gasteiger partial charge is 0.272 e. The van der Waals surface area contributed by atoms with Crippen molar-refractivity contribution in [3.05, 3.63) is 22.6 Å². The van der Waals surface area contributed by atoms with Crippen LogP contribution < -0.4 is 0 Å². The summed E-state index contributed by atoms with van der Waals surface area (Å²) in [6.07, 6.45) is 1.61. The van der Waals surface area contributed by atoms with Crippen molar-refractivity contribution in [3.8, 4) is 22.1 Å². The fourth-order valence-corrected chi connectivity index (χ4v) is 3.86. The topological polar surface area (TPSA) is 78.7 Å². The Morgan fingerprint density at radius 2 is 1.87 bits per heavy atom. The highest BCUT2D eigenvalue weighted by Crippen LogP contribution is 2.33. The summed E-state index contributed by atoms with van der Waals surface area (Å²) in [4.78, 5) is 0.704. The predicted octanol–water partition coefficient (Wildman–Crippen LogP) is 2.26. The lowest BCUT2D eigenvalue weighted by Gasteiger charge is -1.99. The molecule has 4 rings (SSSR count). The zero-order valence-corrected chi connectivity index (χ0v) is 14.5. The Morgan fingerprint density at radius 3 is 2.48 bits per heavy atom. The molecule has 118 valence electrons. The van der Waals surface area contributed by atoms with Crippen molar-refractivity contribution in [2.75, 3.05) is 0 Å². The van der Waals surface area contributed by atoms with Crippen LogP contribution in [0.1, 0.15) is 11.4 Å². The number of nitrogens with zero attached hydrogens (tertiary/aromatic N) is 8. The first kappa shape index (κ1) is 14.3. The SMILES string of the molecule is Cc1nn(C)c(C)c1-c1nnc2sc(-c3c(Cl)cnn3C)nn12. The predicted molar refractivity (Wildman–Crippen MR) is 87.5 cm³/mol. The molecule has 0 aromatic carbocycles. The number of aryl methyl sites for hydroxylation is 3. The third-order valence-corrected chi connectivity index (χ3v) is 5.00. The highest BCUT2D eigenvalue weighted by atomic mass is 35.5. The Morgan fingerprint density at radius 1 is 1.09 bits per heavy atom. The summed E-state index contributed by atoms with van der Waals surface area (Å²) in [7, 11) is 3.74. The second kappa shape index (κ2) is 4.87. The summed E-state index contributed by atoms with van der Waals surface area (Å²) in [5.41, 5.74) is 3.64. The van der Waals surface area contributed by atoms with Gasteiger partial charge in [0, 0.05) is 19.8 Å². The van der Waals surface area contributed by atoms with Gasteiger partial charge >= 0.3 is 0 Å². The first-order valence-corrected chi connectivity index (χ1v) is 8.07. The van der Waals surface area contributed by atoms with Crippen molar-refractivity contribution in [3.63, 3.8) is 0 Å². The van der Waals surface area contributed by atoms with Gasteiger partial charge in [-0.25, -0.2) is 0 Å². The van der Waals surface area contributed by atoms with Gasteiger partial charge in [-0.2, -0.15) is 19.8 Å². The first-order valence-electron chi connectivity index (χ1n) is 6.88. The van der Waals surface area contributed by atoms with Gasteiger partial charge < -0.3 is 0 Å². The Bertz CT molecular complexity index is 1020. The average molecular weight is 349 g/mol. The molecule has 8 nitrogen and oxygen atoms in total. The number of fused-ring (bicyclic) bond motifs is 1. The fourth-order valence-electron chi connectivity index (χ4n) is 2.62. The van der Waals surface area contributed by atoms with Gasteiger partial charge in [-0.15, -0.1) is 10.2 Å². The second-order valence-corrected chi connectivity index (χ2v) is 6.62. The molecule has 0 bridgehead atoms. The van der Waals surface area contributed by atoms with E-state index >= 15 is 0 Å². The van der Waals surface area contributed by atoms with Crippen LogP contribution in [0.4, 0.5) is 0 Å². The third kappa shape index (κ3) is 2.00. The van der Waals surface area contributed by atoms with Crippen molar-refractivity contribution >= 4 is 27.9 Å². The van der Waals surface area contributed by atoms with Gasteiger partial charge in [-0.3, -0.25) is 9.36 Å². The van der Waals surface area contributed by atoms with Crippen LogP contribution in [0.15, 0.2) is 6.20 Å². The molecule has 0 amide bonds. The Kier molecular flexibility index (Phi) is 3.03. The lowest BCUT2D eigenvalue weighted by molar-refractivity contribution is 0.731. The van der Waals surface area contributed by atoms with Crippen molar-refractivity contribution in [2.45, 2.75) is 13.8 Å². The quantitative estimate of drug-likeness (QED) is 0.555. The number of aromatic nitrogens is 8. The van der Waals surface area contributed by atoms with Crippen LogP contribution in [-0.2, 0) is 14.1 Å². The molecule has 0 radical (unpaired) electrons. The molecule has 0 aliphatic carbocycles. The zero-order valence-electron chi connectivity index (χ0n) is 12.9. The van der Waals surface area contributed by atoms with E-state index in [9.17, 15) is 0 Å². The zero-order chi connectivity index (χ0) is 16.3. The molecule has 0 spiro atoms. The number of hydrogen-bond donors (Lipinski definition) is 0. The lowest BCUT2D eigenvalue weighted by atomic mass is 10.2. The summed E-state index contributed by atoms with van der Waals surface area (Å²) in [6.45, 7) is 3.95. The van der Waals surface area contributed by atoms with E-state index in [1.807, 2.05) is 32.6 Å². The molecule has 4 aromatic rings. The molecule has 4 heterocycles. The Labute approximate surface area is 140 Å². The van der Waals surface area contributed by atoms with Crippen LogP contribution in [-0.4, -0.2) is 39.4 Å².